The van der Waals surface area contributed by atoms with E-state index in [2.05, 4.69) is 217 Å². The molecule has 0 fully saturated rings. The summed E-state index contributed by atoms with van der Waals surface area (Å²) in [7, 11) is 0. The van der Waals surface area contributed by atoms with Crippen LogP contribution >= 0.6 is 11.3 Å². The Balaban J connectivity index is 1.03. The number of hydrogen-bond donors (Lipinski definition) is 0. The molecule has 0 bridgehead atoms. The highest BCUT2D eigenvalue weighted by molar-refractivity contribution is 7.26. The predicted molar refractivity (Wildman–Crippen MR) is 250 cm³/mol. The van der Waals surface area contributed by atoms with Crippen molar-refractivity contribution in [2.75, 3.05) is 4.90 Å². The second-order valence-electron chi connectivity index (χ2n) is 15.2. The second kappa shape index (κ2) is 13.2. The lowest BCUT2D eigenvalue weighted by Gasteiger charge is -2.35. The number of hydrogen-bond acceptors (Lipinski definition) is 2. The summed E-state index contributed by atoms with van der Waals surface area (Å²) in [6.45, 7) is 0. The maximum atomic E-state index is 2.47. The largest absolute Gasteiger partial charge is 0.309 e. The van der Waals surface area contributed by atoms with E-state index in [-0.39, 0.29) is 0 Å². The van der Waals surface area contributed by atoms with Crippen LogP contribution in [0, 0.1) is 0 Å². The third-order valence-electron chi connectivity index (χ3n) is 12.0. The molecule has 0 atom stereocenters. The molecule has 0 spiro atoms. The van der Waals surface area contributed by atoms with E-state index in [1.807, 2.05) is 11.3 Å². The average molecular weight is 754 g/mol. The molecular weight excluding hydrogens is 719 g/mol. The second-order valence-corrected chi connectivity index (χ2v) is 16.3. The van der Waals surface area contributed by atoms with Gasteiger partial charge in [0.25, 0.3) is 0 Å². The van der Waals surface area contributed by atoms with Crippen LogP contribution in [0.15, 0.2) is 212 Å². The first-order valence-corrected chi connectivity index (χ1v) is 20.7. The van der Waals surface area contributed by atoms with Gasteiger partial charge >= 0.3 is 0 Å². The lowest BCUT2D eigenvalue weighted by atomic mass is 9.83. The maximum absolute atomic E-state index is 2.47. The minimum Gasteiger partial charge on any atom is -0.309 e. The molecular formula is C56H35NS. The van der Waals surface area contributed by atoms with Crippen molar-refractivity contribution in [3.05, 3.63) is 212 Å². The van der Waals surface area contributed by atoms with Crippen molar-refractivity contribution in [2.24, 2.45) is 0 Å². The molecule has 12 rings (SSSR count). The van der Waals surface area contributed by atoms with Crippen LogP contribution in [0.25, 0.3) is 97.4 Å². The first-order chi connectivity index (χ1) is 28.8. The first-order valence-electron chi connectivity index (χ1n) is 19.9. The minimum atomic E-state index is 1.14. The summed E-state index contributed by atoms with van der Waals surface area (Å²) in [4.78, 5) is 2.47. The number of nitrogens with zero attached hydrogens (tertiary/aromatic N) is 1. The number of thiophene rings is 1. The van der Waals surface area contributed by atoms with Crippen LogP contribution in [0.1, 0.15) is 0 Å². The van der Waals surface area contributed by atoms with E-state index in [0.717, 1.165) is 5.69 Å². The fraction of sp³-hybridized carbons (Fsp3) is 0. The van der Waals surface area contributed by atoms with Crippen LogP contribution in [0.2, 0.25) is 0 Å². The zero-order valence-corrected chi connectivity index (χ0v) is 32.4. The zero-order valence-electron chi connectivity index (χ0n) is 31.6. The van der Waals surface area contributed by atoms with Crippen molar-refractivity contribution < 1.29 is 0 Å². The molecule has 270 valence electrons. The monoisotopic (exact) mass is 753 g/mol. The quantitative estimate of drug-likeness (QED) is 0.169. The van der Waals surface area contributed by atoms with Crippen molar-refractivity contribution in [1.82, 2.24) is 0 Å². The van der Waals surface area contributed by atoms with Crippen molar-refractivity contribution >= 4 is 70.1 Å². The summed E-state index contributed by atoms with van der Waals surface area (Å²) in [6.07, 6.45) is 0. The molecule has 0 amide bonds. The van der Waals surface area contributed by atoms with Gasteiger partial charge in [0.15, 0.2) is 0 Å². The van der Waals surface area contributed by atoms with Crippen LogP contribution < -0.4 is 4.90 Å². The van der Waals surface area contributed by atoms with Gasteiger partial charge in [-0.1, -0.05) is 170 Å². The number of benzene rings is 10. The third kappa shape index (κ3) is 5.16. The van der Waals surface area contributed by atoms with Gasteiger partial charge in [0.1, 0.15) is 0 Å². The Morgan fingerprint density at radius 1 is 0.328 bits per heavy atom. The summed E-state index contributed by atoms with van der Waals surface area (Å²) in [5.74, 6) is 0. The van der Waals surface area contributed by atoms with Gasteiger partial charge in [-0.25, -0.2) is 0 Å². The molecule has 1 aliphatic heterocycles. The Bertz CT molecular complexity index is 3390. The average Bonchev–Trinajstić information content (AvgIpc) is 3.69. The highest BCUT2D eigenvalue weighted by atomic mass is 32.1. The van der Waals surface area contributed by atoms with Crippen molar-refractivity contribution in [1.29, 1.82) is 0 Å². The molecule has 2 heterocycles. The van der Waals surface area contributed by atoms with E-state index in [9.17, 15) is 0 Å². The van der Waals surface area contributed by atoms with E-state index in [1.165, 1.54) is 109 Å². The normalized spacial score (nSPS) is 12.1. The molecule has 0 saturated carbocycles. The zero-order chi connectivity index (χ0) is 38.2. The van der Waals surface area contributed by atoms with Gasteiger partial charge in [0.2, 0.25) is 0 Å². The van der Waals surface area contributed by atoms with E-state index in [1.54, 1.807) is 0 Å². The number of anilines is 3. The molecule has 0 aliphatic carbocycles. The lowest BCUT2D eigenvalue weighted by molar-refractivity contribution is 1.28. The summed E-state index contributed by atoms with van der Waals surface area (Å²) in [6, 6.07) is 78.2. The molecule has 0 radical (unpaired) electrons. The fourth-order valence-corrected chi connectivity index (χ4v) is 10.5. The van der Waals surface area contributed by atoms with E-state index in [0.29, 0.717) is 0 Å². The SMILES string of the molecule is c1ccc(-c2ccc3c(-c4cccc5c4sc4ccccc45)ccc4c3c2-c2ccccc2N4c2ccc(-c3cccc(-c4ccc5ccccc5c4)c3)cc2)cc1. The Labute approximate surface area is 341 Å². The lowest BCUT2D eigenvalue weighted by Crippen LogP contribution is -2.15. The molecule has 58 heavy (non-hydrogen) atoms. The molecule has 0 saturated heterocycles. The van der Waals surface area contributed by atoms with Crippen molar-refractivity contribution in [2.45, 2.75) is 0 Å². The summed E-state index contributed by atoms with van der Waals surface area (Å²) in [5, 5.41) is 7.70. The number of rotatable bonds is 5. The Kier molecular flexibility index (Phi) is 7.47. The smallest absolute Gasteiger partial charge is 0.0547 e. The Hall–Kier alpha value is -7.26. The Morgan fingerprint density at radius 3 is 1.88 bits per heavy atom. The maximum Gasteiger partial charge on any atom is 0.0547 e. The van der Waals surface area contributed by atoms with Gasteiger partial charge in [0.05, 0.1) is 11.4 Å². The van der Waals surface area contributed by atoms with Gasteiger partial charge in [0, 0.05) is 47.9 Å². The summed E-state index contributed by atoms with van der Waals surface area (Å²) in [5.41, 5.74) is 15.9. The topological polar surface area (TPSA) is 3.24 Å². The van der Waals surface area contributed by atoms with Crippen LogP contribution in [-0.4, -0.2) is 0 Å². The van der Waals surface area contributed by atoms with Gasteiger partial charge in [-0.15, -0.1) is 11.3 Å². The highest BCUT2D eigenvalue weighted by Crippen LogP contribution is 2.56. The highest BCUT2D eigenvalue weighted by Gasteiger charge is 2.29. The van der Waals surface area contributed by atoms with Gasteiger partial charge in [-0.05, 0) is 97.6 Å². The van der Waals surface area contributed by atoms with E-state index in [4.69, 9.17) is 0 Å². The standard InChI is InChI=1S/C56H35NS/c1-2-13-38(14-3-1)44-30-31-47-45(48-20-11-21-49-46-18-7-9-23-53(46)58-56(48)49)32-33-52-55(47)54(44)50-19-6-8-22-51(50)57(52)43-28-26-37(27-29-43)40-16-10-17-41(34-40)42-25-24-36-12-4-5-15-39(36)35-42/h1-35H. The van der Waals surface area contributed by atoms with Gasteiger partial charge < -0.3 is 4.90 Å². The third-order valence-corrected chi connectivity index (χ3v) is 13.2. The molecule has 10 aromatic carbocycles. The summed E-state index contributed by atoms with van der Waals surface area (Å²) < 4.78 is 2.66. The van der Waals surface area contributed by atoms with Gasteiger partial charge in [-0.2, -0.15) is 0 Å². The van der Waals surface area contributed by atoms with Crippen LogP contribution in [0.4, 0.5) is 17.1 Å². The van der Waals surface area contributed by atoms with Crippen LogP contribution in [0.5, 0.6) is 0 Å². The molecule has 0 N–H and O–H groups in total. The molecule has 2 heteroatoms. The Morgan fingerprint density at radius 2 is 0.983 bits per heavy atom. The van der Waals surface area contributed by atoms with Crippen LogP contribution in [0.3, 0.4) is 0 Å². The summed E-state index contributed by atoms with van der Waals surface area (Å²) >= 11 is 1.89. The molecule has 1 aliphatic rings. The molecule has 1 aromatic heterocycles. The van der Waals surface area contributed by atoms with Crippen molar-refractivity contribution in [3.63, 3.8) is 0 Å². The van der Waals surface area contributed by atoms with Crippen molar-refractivity contribution in [3.8, 4) is 55.6 Å². The fourth-order valence-electron chi connectivity index (χ4n) is 9.29. The van der Waals surface area contributed by atoms with Gasteiger partial charge in [-0.3, -0.25) is 0 Å². The first kappa shape index (κ1) is 32.9. The predicted octanol–water partition coefficient (Wildman–Crippen LogP) is 16.5. The molecule has 1 nitrogen and oxygen atoms in total. The molecule has 0 unspecified atom stereocenters. The molecule has 11 aromatic rings. The van der Waals surface area contributed by atoms with E-state index >= 15 is 0 Å². The van der Waals surface area contributed by atoms with E-state index < -0.39 is 0 Å². The number of para-hydroxylation sites is 1. The minimum absolute atomic E-state index is 1.14. The number of fused-ring (bicyclic) bond motifs is 6. The van der Waals surface area contributed by atoms with Crippen LogP contribution in [-0.2, 0) is 0 Å².